The van der Waals surface area contributed by atoms with Crippen molar-refractivity contribution in [3.8, 4) is 0 Å². The Morgan fingerprint density at radius 1 is 0.947 bits per heavy atom. The van der Waals surface area contributed by atoms with Gasteiger partial charge in [0.15, 0.2) is 5.16 Å². The molecule has 4 aromatic rings. The first kappa shape index (κ1) is 10.9. The van der Waals surface area contributed by atoms with Crippen LogP contribution in [0.15, 0.2) is 59.8 Å². The van der Waals surface area contributed by atoms with Crippen LogP contribution in [0.2, 0.25) is 0 Å². The number of aromatic nitrogens is 2. The number of rotatable bonds is 1. The quantitative estimate of drug-likeness (QED) is 0.375. The Morgan fingerprint density at radius 3 is 2.63 bits per heavy atom. The molecule has 2 nitrogen and oxygen atoms in total. The summed E-state index contributed by atoms with van der Waals surface area (Å²) in [6.45, 7) is 0. The van der Waals surface area contributed by atoms with Gasteiger partial charge in [0, 0.05) is 10.8 Å². The molecule has 3 heteroatoms. The minimum Gasteiger partial charge on any atom is -0.288 e. The van der Waals surface area contributed by atoms with Crippen LogP contribution >= 0.6 is 11.8 Å². The molecule has 0 saturated heterocycles. The third-order valence-electron chi connectivity index (χ3n) is 3.48. The fourth-order valence-electron chi connectivity index (χ4n) is 2.64. The van der Waals surface area contributed by atoms with Gasteiger partial charge in [-0.2, -0.15) is 0 Å². The second kappa shape index (κ2) is 4.00. The second-order valence-corrected chi connectivity index (χ2v) is 5.31. The summed E-state index contributed by atoms with van der Waals surface area (Å²) >= 11 is 1.68. The van der Waals surface area contributed by atoms with Crippen LogP contribution in [0.4, 0.5) is 0 Å². The third-order valence-corrected chi connectivity index (χ3v) is 4.12. The summed E-state index contributed by atoms with van der Waals surface area (Å²) in [7, 11) is 0. The van der Waals surface area contributed by atoms with E-state index >= 15 is 0 Å². The van der Waals surface area contributed by atoms with Crippen LogP contribution < -0.4 is 0 Å². The molecule has 0 N–H and O–H groups in total. The van der Waals surface area contributed by atoms with Gasteiger partial charge in [-0.25, -0.2) is 4.98 Å². The van der Waals surface area contributed by atoms with Crippen molar-refractivity contribution in [2.24, 2.45) is 0 Å². The summed E-state index contributed by atoms with van der Waals surface area (Å²) in [5.41, 5.74) is 3.51. The van der Waals surface area contributed by atoms with Gasteiger partial charge in [-0.05, 0) is 24.5 Å². The van der Waals surface area contributed by atoms with Crippen LogP contribution in [0, 0.1) is 0 Å². The van der Waals surface area contributed by atoms with Gasteiger partial charge in [-0.3, -0.25) is 4.40 Å². The monoisotopic (exact) mass is 264 g/mol. The molecule has 0 aliphatic carbocycles. The molecule has 0 saturated carbocycles. The van der Waals surface area contributed by atoms with E-state index in [-0.39, 0.29) is 0 Å². The van der Waals surface area contributed by atoms with Crippen molar-refractivity contribution in [1.29, 1.82) is 0 Å². The number of thioether (sulfide) groups is 1. The zero-order chi connectivity index (χ0) is 12.8. The number of fused-ring (bicyclic) bond motifs is 5. The normalized spacial score (nSPS) is 11.6. The van der Waals surface area contributed by atoms with Crippen LogP contribution in [-0.2, 0) is 0 Å². The molecule has 92 valence electrons. The topological polar surface area (TPSA) is 17.3 Å². The van der Waals surface area contributed by atoms with Crippen LogP contribution in [-0.4, -0.2) is 15.6 Å². The highest BCUT2D eigenvalue weighted by molar-refractivity contribution is 7.98. The molecule has 0 atom stereocenters. The van der Waals surface area contributed by atoms with Gasteiger partial charge in [-0.15, -0.1) is 0 Å². The van der Waals surface area contributed by atoms with Crippen LogP contribution in [0.25, 0.3) is 27.3 Å². The summed E-state index contributed by atoms with van der Waals surface area (Å²) in [6.07, 6.45) is 2.07. The molecular weight excluding hydrogens is 252 g/mol. The second-order valence-electron chi connectivity index (χ2n) is 4.54. The summed E-state index contributed by atoms with van der Waals surface area (Å²) in [6, 6.07) is 19.0. The lowest BCUT2D eigenvalue weighted by Gasteiger charge is -2.07. The van der Waals surface area contributed by atoms with E-state index in [2.05, 4.69) is 59.2 Å². The molecule has 4 rings (SSSR count). The highest BCUT2D eigenvalue weighted by Crippen LogP contribution is 2.29. The van der Waals surface area contributed by atoms with E-state index in [9.17, 15) is 0 Å². The minimum absolute atomic E-state index is 1.04. The molecule has 2 heterocycles. The SMILES string of the molecule is CSc1nc2ccccc2c2cc3ccccc3n12. The molecule has 0 fully saturated rings. The van der Waals surface area contributed by atoms with Gasteiger partial charge in [0.25, 0.3) is 0 Å². The molecule has 0 amide bonds. The first-order valence-corrected chi connectivity index (χ1v) is 7.44. The standard InChI is InChI=1S/C16H12N2S/c1-19-16-17-13-8-4-3-7-12(13)15-10-11-6-2-5-9-14(11)18(15)16/h2-10H,1H3. The fourth-order valence-corrected chi connectivity index (χ4v) is 3.21. The first-order chi connectivity index (χ1) is 9.38. The zero-order valence-electron chi connectivity index (χ0n) is 10.5. The zero-order valence-corrected chi connectivity index (χ0v) is 11.3. The van der Waals surface area contributed by atoms with Crippen LogP contribution in [0.1, 0.15) is 0 Å². The molecule has 0 aliphatic rings. The van der Waals surface area contributed by atoms with Crippen molar-refractivity contribution in [2.75, 3.05) is 6.26 Å². The van der Waals surface area contributed by atoms with Crippen LogP contribution in [0.5, 0.6) is 0 Å². The van der Waals surface area contributed by atoms with Crippen LogP contribution in [0.3, 0.4) is 0 Å². The fraction of sp³-hybridized carbons (Fsp3) is 0.0625. The molecule has 2 aromatic carbocycles. The number of para-hydroxylation sites is 2. The van der Waals surface area contributed by atoms with E-state index in [4.69, 9.17) is 4.98 Å². The smallest absolute Gasteiger partial charge is 0.173 e. The Balaban J connectivity index is 2.34. The Morgan fingerprint density at radius 2 is 1.74 bits per heavy atom. The highest BCUT2D eigenvalue weighted by atomic mass is 32.2. The van der Waals surface area contributed by atoms with Gasteiger partial charge < -0.3 is 0 Å². The maximum Gasteiger partial charge on any atom is 0.173 e. The lowest BCUT2D eigenvalue weighted by Crippen LogP contribution is -1.94. The highest BCUT2D eigenvalue weighted by Gasteiger charge is 2.10. The van der Waals surface area contributed by atoms with Crippen molar-refractivity contribution in [3.05, 3.63) is 54.6 Å². The molecule has 0 unspecified atom stereocenters. The van der Waals surface area contributed by atoms with Gasteiger partial charge in [0.2, 0.25) is 0 Å². The maximum absolute atomic E-state index is 4.77. The predicted molar refractivity (Wildman–Crippen MR) is 82.0 cm³/mol. The Hall–Kier alpha value is -2.00. The molecule has 0 bridgehead atoms. The predicted octanol–water partition coefficient (Wildman–Crippen LogP) is 4.36. The first-order valence-electron chi connectivity index (χ1n) is 6.21. The Kier molecular flexibility index (Phi) is 2.29. The minimum atomic E-state index is 1.04. The van der Waals surface area contributed by atoms with E-state index in [1.165, 1.54) is 21.8 Å². The van der Waals surface area contributed by atoms with E-state index < -0.39 is 0 Å². The van der Waals surface area contributed by atoms with E-state index in [1.54, 1.807) is 11.8 Å². The van der Waals surface area contributed by atoms with E-state index in [0.29, 0.717) is 0 Å². The van der Waals surface area contributed by atoms with E-state index in [0.717, 1.165) is 10.7 Å². The van der Waals surface area contributed by atoms with Crippen molar-refractivity contribution < 1.29 is 0 Å². The van der Waals surface area contributed by atoms with Crippen molar-refractivity contribution in [2.45, 2.75) is 5.16 Å². The van der Waals surface area contributed by atoms with Crippen molar-refractivity contribution in [1.82, 2.24) is 9.38 Å². The van der Waals surface area contributed by atoms with Crippen molar-refractivity contribution >= 4 is 39.1 Å². The van der Waals surface area contributed by atoms with Crippen molar-refractivity contribution in [3.63, 3.8) is 0 Å². The molecular formula is C16H12N2S. The molecule has 19 heavy (non-hydrogen) atoms. The molecule has 0 aliphatic heterocycles. The Labute approximate surface area is 115 Å². The van der Waals surface area contributed by atoms with Gasteiger partial charge in [0.1, 0.15) is 0 Å². The number of hydrogen-bond acceptors (Lipinski definition) is 2. The van der Waals surface area contributed by atoms with Gasteiger partial charge >= 0.3 is 0 Å². The van der Waals surface area contributed by atoms with Gasteiger partial charge in [0.05, 0.1) is 16.6 Å². The number of benzene rings is 2. The molecule has 2 aromatic heterocycles. The summed E-state index contributed by atoms with van der Waals surface area (Å²) in [4.78, 5) is 4.77. The lowest BCUT2D eigenvalue weighted by molar-refractivity contribution is 0.962. The van der Waals surface area contributed by atoms with Gasteiger partial charge in [-0.1, -0.05) is 48.2 Å². The Bertz CT molecular complexity index is 908. The number of hydrogen-bond donors (Lipinski definition) is 0. The summed E-state index contributed by atoms with van der Waals surface area (Å²) < 4.78 is 2.25. The third kappa shape index (κ3) is 1.48. The largest absolute Gasteiger partial charge is 0.288 e. The maximum atomic E-state index is 4.77. The lowest BCUT2D eigenvalue weighted by atomic mass is 10.2. The molecule has 0 spiro atoms. The number of nitrogens with zero attached hydrogens (tertiary/aromatic N) is 2. The summed E-state index contributed by atoms with van der Waals surface area (Å²) in [5.74, 6) is 0. The average Bonchev–Trinajstić information content (AvgIpc) is 2.86. The molecule has 0 radical (unpaired) electrons. The average molecular weight is 264 g/mol. The summed E-state index contributed by atoms with van der Waals surface area (Å²) in [5, 5.41) is 3.50. The van der Waals surface area contributed by atoms with E-state index in [1.807, 2.05) is 6.07 Å².